The van der Waals surface area contributed by atoms with E-state index >= 15 is 0 Å². The zero-order valence-corrected chi connectivity index (χ0v) is 20.6. The Balaban J connectivity index is 1.33. The fourth-order valence-corrected chi connectivity index (χ4v) is 4.82. The number of amides is 1. The maximum atomic E-state index is 12.7. The molecule has 1 amide bonds. The third-order valence-corrected chi connectivity index (χ3v) is 6.98. The summed E-state index contributed by atoms with van der Waals surface area (Å²) in [6.45, 7) is 0.606. The molecule has 1 saturated carbocycles. The molecule has 6 rings (SSSR count). The Kier molecular flexibility index (Phi) is 6.06. The molecule has 0 bridgehead atoms. The van der Waals surface area contributed by atoms with Crippen molar-refractivity contribution in [1.29, 1.82) is 0 Å². The van der Waals surface area contributed by atoms with Gasteiger partial charge in [-0.3, -0.25) is 4.79 Å². The summed E-state index contributed by atoms with van der Waals surface area (Å²) in [7, 11) is 1.58. The van der Waals surface area contributed by atoms with Gasteiger partial charge in [0.15, 0.2) is 6.23 Å². The van der Waals surface area contributed by atoms with Crippen molar-refractivity contribution >= 4 is 11.6 Å². The first kappa shape index (κ1) is 23.2. The van der Waals surface area contributed by atoms with Crippen LogP contribution in [0.5, 0.6) is 5.88 Å². The van der Waals surface area contributed by atoms with Crippen molar-refractivity contribution in [3.05, 3.63) is 95.8 Å². The number of aliphatic hydroxyl groups is 1. The summed E-state index contributed by atoms with van der Waals surface area (Å²) >= 11 is 0. The molecule has 0 saturated heterocycles. The molecule has 1 atom stereocenters. The molecule has 0 spiro atoms. The van der Waals surface area contributed by atoms with Crippen LogP contribution in [0, 0.1) is 0 Å². The summed E-state index contributed by atoms with van der Waals surface area (Å²) in [6.07, 6.45) is 3.60. The largest absolute Gasteiger partial charge is 0.481 e. The first-order chi connectivity index (χ1) is 18.1. The Morgan fingerprint density at radius 3 is 2.70 bits per heavy atom. The van der Waals surface area contributed by atoms with Crippen LogP contribution in [-0.4, -0.2) is 40.7 Å². The number of nitrogens with one attached hydrogen (secondary N) is 1. The highest BCUT2D eigenvalue weighted by molar-refractivity contribution is 5.97. The number of hydrogen-bond acceptors (Lipinski definition) is 6. The molecule has 37 heavy (non-hydrogen) atoms. The Hall–Kier alpha value is -4.23. The lowest BCUT2D eigenvalue weighted by Gasteiger charge is -2.30. The van der Waals surface area contributed by atoms with Crippen LogP contribution in [0.1, 0.15) is 40.7 Å². The smallest absolute Gasteiger partial charge is 0.251 e. The number of aliphatic hydroxyl groups excluding tert-OH is 1. The van der Waals surface area contributed by atoms with Crippen LogP contribution >= 0.6 is 0 Å². The molecule has 1 aliphatic carbocycles. The lowest BCUT2D eigenvalue weighted by Crippen LogP contribution is -2.30. The lowest BCUT2D eigenvalue weighted by atomic mass is 9.95. The van der Waals surface area contributed by atoms with Crippen molar-refractivity contribution in [2.24, 2.45) is 0 Å². The van der Waals surface area contributed by atoms with Crippen LogP contribution in [-0.2, 0) is 6.42 Å². The predicted octanol–water partition coefficient (Wildman–Crippen LogP) is 4.77. The Bertz CT molecular complexity index is 1450. The standard InChI is InChI=1S/C30H28N4O3/c1-37-28-14-11-21(18-31-28)25-6-4-7-26(33-25)30(36)34-16-15-19-9-10-20(29(35)32-22-12-13-22)17-24(19)23-5-2-3-8-27(23)34/h2-11,14,17-18,22,30,36H,12-13,15-16H2,1H3,(H,32,35). The van der Waals surface area contributed by atoms with E-state index in [0.29, 0.717) is 29.7 Å². The zero-order chi connectivity index (χ0) is 25.4. The van der Waals surface area contributed by atoms with Crippen LogP contribution in [0.4, 0.5) is 5.69 Å². The van der Waals surface area contributed by atoms with Crippen molar-refractivity contribution in [2.45, 2.75) is 31.5 Å². The molecule has 1 aliphatic heterocycles. The minimum absolute atomic E-state index is 0.0297. The van der Waals surface area contributed by atoms with E-state index in [0.717, 1.165) is 52.9 Å². The van der Waals surface area contributed by atoms with Gasteiger partial charge in [0.05, 0.1) is 18.5 Å². The van der Waals surface area contributed by atoms with Crippen molar-refractivity contribution in [2.75, 3.05) is 18.6 Å². The molecule has 7 heteroatoms. The maximum Gasteiger partial charge on any atom is 0.251 e. The van der Waals surface area contributed by atoms with E-state index < -0.39 is 6.23 Å². The summed E-state index contributed by atoms with van der Waals surface area (Å²) in [5, 5.41) is 14.6. The third-order valence-electron chi connectivity index (χ3n) is 6.98. The Labute approximate surface area is 215 Å². The topological polar surface area (TPSA) is 87.6 Å². The van der Waals surface area contributed by atoms with E-state index in [1.54, 1.807) is 19.4 Å². The van der Waals surface area contributed by atoms with Gasteiger partial charge in [0.25, 0.3) is 5.91 Å². The third kappa shape index (κ3) is 4.66. The Morgan fingerprint density at radius 1 is 1.05 bits per heavy atom. The minimum atomic E-state index is -0.945. The lowest BCUT2D eigenvalue weighted by molar-refractivity contribution is 0.0951. The van der Waals surface area contributed by atoms with Gasteiger partial charge in [0, 0.05) is 47.2 Å². The predicted molar refractivity (Wildman–Crippen MR) is 142 cm³/mol. The molecule has 2 aromatic heterocycles. The number of carbonyl (C=O) groups is 1. The van der Waals surface area contributed by atoms with E-state index in [1.165, 1.54) is 0 Å². The molecule has 186 valence electrons. The summed E-state index contributed by atoms with van der Waals surface area (Å²) in [5.41, 5.74) is 6.86. The fourth-order valence-electron chi connectivity index (χ4n) is 4.82. The number of nitrogens with zero attached hydrogens (tertiary/aromatic N) is 3. The number of aromatic nitrogens is 2. The average molecular weight is 493 g/mol. The molecular formula is C30H28N4O3. The van der Waals surface area contributed by atoms with Crippen LogP contribution in [0.15, 0.2) is 79.0 Å². The van der Waals surface area contributed by atoms with Gasteiger partial charge in [-0.1, -0.05) is 30.3 Å². The highest BCUT2D eigenvalue weighted by atomic mass is 16.5. The van der Waals surface area contributed by atoms with Crippen LogP contribution < -0.4 is 15.0 Å². The van der Waals surface area contributed by atoms with Gasteiger partial charge in [-0.2, -0.15) is 0 Å². The highest BCUT2D eigenvalue weighted by Gasteiger charge is 2.28. The van der Waals surface area contributed by atoms with E-state index in [4.69, 9.17) is 9.72 Å². The molecule has 4 aromatic rings. The molecule has 0 radical (unpaired) electrons. The molecule has 2 N–H and O–H groups in total. The number of anilines is 1. The summed E-state index contributed by atoms with van der Waals surface area (Å²) < 4.78 is 5.16. The first-order valence-corrected chi connectivity index (χ1v) is 12.6. The van der Waals surface area contributed by atoms with Gasteiger partial charge in [-0.15, -0.1) is 0 Å². The molecular weight excluding hydrogens is 464 g/mol. The van der Waals surface area contributed by atoms with Gasteiger partial charge < -0.3 is 20.1 Å². The molecule has 1 unspecified atom stereocenters. The number of hydrogen-bond donors (Lipinski definition) is 2. The van der Waals surface area contributed by atoms with Crippen LogP contribution in [0.2, 0.25) is 0 Å². The van der Waals surface area contributed by atoms with Gasteiger partial charge in [-0.05, 0) is 66.8 Å². The minimum Gasteiger partial charge on any atom is -0.481 e. The molecule has 2 aromatic carbocycles. The van der Waals surface area contributed by atoms with Crippen molar-refractivity contribution in [1.82, 2.24) is 15.3 Å². The number of carbonyl (C=O) groups excluding carboxylic acids is 1. The van der Waals surface area contributed by atoms with Gasteiger partial charge in [0.2, 0.25) is 5.88 Å². The number of ether oxygens (including phenoxy) is 1. The fraction of sp³-hybridized carbons (Fsp3) is 0.233. The number of fused-ring (bicyclic) bond motifs is 3. The second kappa shape index (κ2) is 9.67. The van der Waals surface area contributed by atoms with E-state index in [2.05, 4.69) is 16.4 Å². The van der Waals surface area contributed by atoms with Crippen molar-refractivity contribution in [3.63, 3.8) is 0 Å². The van der Waals surface area contributed by atoms with E-state index in [1.807, 2.05) is 65.6 Å². The molecule has 2 aliphatic rings. The van der Waals surface area contributed by atoms with E-state index in [-0.39, 0.29) is 5.91 Å². The number of pyridine rings is 2. The van der Waals surface area contributed by atoms with Gasteiger partial charge in [-0.25, -0.2) is 9.97 Å². The van der Waals surface area contributed by atoms with E-state index in [9.17, 15) is 9.90 Å². The monoisotopic (exact) mass is 492 g/mol. The summed E-state index contributed by atoms with van der Waals surface area (Å²) in [6, 6.07) is 23.6. The van der Waals surface area contributed by atoms with Crippen LogP contribution in [0.3, 0.4) is 0 Å². The molecule has 1 fully saturated rings. The normalized spacial score (nSPS) is 15.2. The quantitative estimate of drug-likeness (QED) is 0.403. The Morgan fingerprint density at radius 2 is 1.92 bits per heavy atom. The van der Waals surface area contributed by atoms with Gasteiger partial charge in [0.1, 0.15) is 0 Å². The molecule has 3 heterocycles. The summed E-state index contributed by atoms with van der Waals surface area (Å²) in [4.78, 5) is 23.8. The number of para-hydroxylation sites is 1. The van der Waals surface area contributed by atoms with Crippen molar-refractivity contribution < 1.29 is 14.6 Å². The maximum absolute atomic E-state index is 12.7. The average Bonchev–Trinajstić information content (AvgIpc) is 3.78. The SMILES string of the molecule is COc1ccc(-c2cccc(C(O)N3CCc4ccc(C(=O)NC5CC5)cc4-c4ccccc43)n2)cn1. The second-order valence-corrected chi connectivity index (χ2v) is 9.49. The number of methoxy groups -OCH3 is 1. The second-order valence-electron chi connectivity index (χ2n) is 9.49. The van der Waals surface area contributed by atoms with Crippen molar-refractivity contribution in [3.8, 4) is 28.3 Å². The van der Waals surface area contributed by atoms with Crippen LogP contribution in [0.25, 0.3) is 22.4 Å². The summed E-state index contributed by atoms with van der Waals surface area (Å²) in [5.74, 6) is 0.506. The number of benzene rings is 2. The zero-order valence-electron chi connectivity index (χ0n) is 20.6. The number of rotatable bonds is 6. The van der Waals surface area contributed by atoms with Gasteiger partial charge >= 0.3 is 0 Å². The highest BCUT2D eigenvalue weighted by Crippen LogP contribution is 2.40. The first-order valence-electron chi connectivity index (χ1n) is 12.6. The molecule has 7 nitrogen and oxygen atoms in total.